The fraction of sp³-hybridized carbons (Fsp3) is 0.167. The number of benzene rings is 1. The molecular formula is C12H11N3O2S. The smallest absolute Gasteiger partial charge is 0.281 e. The zero-order chi connectivity index (χ0) is 12.5. The monoisotopic (exact) mass is 261 g/mol. The van der Waals surface area contributed by atoms with Crippen LogP contribution in [0.4, 0.5) is 11.4 Å². The Bertz CT molecular complexity index is 640. The van der Waals surface area contributed by atoms with E-state index in [1.165, 1.54) is 11.8 Å². The zero-order valence-electron chi connectivity index (χ0n) is 9.46. The highest BCUT2D eigenvalue weighted by Crippen LogP contribution is 2.27. The van der Waals surface area contributed by atoms with Gasteiger partial charge in [-0.25, -0.2) is 0 Å². The number of aromatic nitrogens is 2. The van der Waals surface area contributed by atoms with Crippen molar-refractivity contribution in [2.24, 2.45) is 0 Å². The van der Waals surface area contributed by atoms with Crippen molar-refractivity contribution in [1.29, 1.82) is 0 Å². The van der Waals surface area contributed by atoms with E-state index >= 15 is 0 Å². The second-order valence-corrected chi connectivity index (χ2v) is 4.95. The quantitative estimate of drug-likeness (QED) is 0.807. The van der Waals surface area contributed by atoms with Crippen LogP contribution in [0.1, 0.15) is 0 Å². The summed E-state index contributed by atoms with van der Waals surface area (Å²) in [5.41, 5.74) is 0.650. The highest BCUT2D eigenvalue weighted by Gasteiger charge is 2.20. The van der Waals surface area contributed by atoms with Gasteiger partial charge in [0.15, 0.2) is 10.8 Å². The van der Waals surface area contributed by atoms with Gasteiger partial charge >= 0.3 is 0 Å². The molecule has 1 aliphatic rings. The standard InChI is InChI=1S/C12H11N3O2S/c16-10-9(13-8-4-2-1-3-5-8)11(17)15-6-7-18-12(15)14-10/h1-5,13,16H,6-7H2. The van der Waals surface area contributed by atoms with Gasteiger partial charge in [0.1, 0.15) is 0 Å². The number of nitrogens with one attached hydrogen (secondary N) is 1. The molecule has 2 heterocycles. The maximum absolute atomic E-state index is 12.2. The van der Waals surface area contributed by atoms with E-state index in [9.17, 15) is 9.90 Å². The summed E-state index contributed by atoms with van der Waals surface area (Å²) in [6.45, 7) is 0.635. The summed E-state index contributed by atoms with van der Waals surface area (Å²) in [5.74, 6) is 0.570. The Morgan fingerprint density at radius 3 is 2.89 bits per heavy atom. The van der Waals surface area contributed by atoms with Crippen LogP contribution in [0.25, 0.3) is 0 Å². The van der Waals surface area contributed by atoms with Crippen molar-refractivity contribution < 1.29 is 5.11 Å². The van der Waals surface area contributed by atoms with Gasteiger partial charge in [-0.3, -0.25) is 9.36 Å². The number of para-hydroxylation sites is 1. The molecule has 2 aromatic rings. The van der Waals surface area contributed by atoms with Crippen LogP contribution in [0.2, 0.25) is 0 Å². The SMILES string of the molecule is O=c1c(Nc2ccccc2)c(O)nc2n1CCS2. The summed E-state index contributed by atoms with van der Waals surface area (Å²) >= 11 is 1.48. The molecule has 3 rings (SSSR count). The van der Waals surface area contributed by atoms with Crippen molar-refractivity contribution in [3.8, 4) is 5.88 Å². The Morgan fingerprint density at radius 2 is 2.11 bits per heavy atom. The number of fused-ring (bicyclic) bond motifs is 1. The molecule has 18 heavy (non-hydrogen) atoms. The lowest BCUT2D eigenvalue weighted by Crippen LogP contribution is -2.22. The van der Waals surface area contributed by atoms with E-state index in [1.807, 2.05) is 30.3 Å². The molecule has 0 spiro atoms. The van der Waals surface area contributed by atoms with E-state index in [2.05, 4.69) is 10.3 Å². The Kier molecular flexibility index (Phi) is 2.71. The van der Waals surface area contributed by atoms with Crippen LogP contribution in [0, 0.1) is 0 Å². The van der Waals surface area contributed by atoms with E-state index in [0.717, 1.165) is 11.4 Å². The van der Waals surface area contributed by atoms with Crippen LogP contribution >= 0.6 is 11.8 Å². The molecule has 5 nitrogen and oxygen atoms in total. The van der Waals surface area contributed by atoms with E-state index in [4.69, 9.17) is 0 Å². The number of anilines is 2. The number of aromatic hydroxyl groups is 1. The van der Waals surface area contributed by atoms with Gasteiger partial charge in [0.25, 0.3) is 5.56 Å². The van der Waals surface area contributed by atoms with Crippen LogP contribution in [-0.4, -0.2) is 20.4 Å². The molecule has 0 bridgehead atoms. The van der Waals surface area contributed by atoms with Crippen LogP contribution in [0.5, 0.6) is 5.88 Å². The molecule has 6 heteroatoms. The molecule has 0 saturated heterocycles. The summed E-state index contributed by atoms with van der Waals surface area (Å²) < 4.78 is 1.58. The summed E-state index contributed by atoms with van der Waals surface area (Å²) in [7, 11) is 0. The third kappa shape index (κ3) is 1.84. The van der Waals surface area contributed by atoms with Gasteiger partial charge < -0.3 is 10.4 Å². The fourth-order valence-corrected chi connectivity index (χ4v) is 2.77. The molecule has 1 aromatic heterocycles. The van der Waals surface area contributed by atoms with E-state index in [0.29, 0.717) is 11.7 Å². The molecule has 1 aliphatic heterocycles. The van der Waals surface area contributed by atoms with Crippen LogP contribution in [0.15, 0.2) is 40.3 Å². The highest BCUT2D eigenvalue weighted by atomic mass is 32.2. The van der Waals surface area contributed by atoms with Crippen molar-refractivity contribution >= 4 is 23.1 Å². The van der Waals surface area contributed by atoms with E-state index < -0.39 is 0 Å². The first-order chi connectivity index (χ1) is 8.75. The molecule has 0 unspecified atom stereocenters. The van der Waals surface area contributed by atoms with Crippen LogP contribution in [0.3, 0.4) is 0 Å². The highest BCUT2D eigenvalue weighted by molar-refractivity contribution is 7.99. The van der Waals surface area contributed by atoms with Gasteiger partial charge in [-0.1, -0.05) is 30.0 Å². The minimum absolute atomic E-state index is 0.132. The van der Waals surface area contributed by atoms with Crippen molar-refractivity contribution in [3.05, 3.63) is 40.7 Å². The average Bonchev–Trinajstić information content (AvgIpc) is 2.84. The van der Waals surface area contributed by atoms with Crippen LogP contribution < -0.4 is 10.9 Å². The molecule has 2 N–H and O–H groups in total. The normalized spacial score (nSPS) is 13.3. The fourth-order valence-electron chi connectivity index (χ4n) is 1.84. The lowest BCUT2D eigenvalue weighted by atomic mass is 10.3. The molecule has 0 atom stereocenters. The predicted molar refractivity (Wildman–Crippen MR) is 70.6 cm³/mol. The van der Waals surface area contributed by atoms with Gasteiger partial charge in [0.2, 0.25) is 5.88 Å². The summed E-state index contributed by atoms with van der Waals surface area (Å²) in [5, 5.41) is 13.3. The first-order valence-electron chi connectivity index (χ1n) is 5.54. The van der Waals surface area contributed by atoms with Gasteiger partial charge in [-0.15, -0.1) is 0 Å². The van der Waals surface area contributed by atoms with Gasteiger partial charge in [-0.2, -0.15) is 4.98 Å². The summed E-state index contributed by atoms with van der Waals surface area (Å²) in [6, 6.07) is 9.24. The Hall–Kier alpha value is -1.95. The molecule has 92 valence electrons. The van der Waals surface area contributed by atoms with Crippen molar-refractivity contribution in [2.75, 3.05) is 11.1 Å². The average molecular weight is 261 g/mol. The minimum Gasteiger partial charge on any atom is -0.492 e. The Labute approximate surface area is 107 Å². The van der Waals surface area contributed by atoms with E-state index in [1.54, 1.807) is 4.57 Å². The molecule has 0 aliphatic carbocycles. The number of thioether (sulfide) groups is 1. The van der Waals surface area contributed by atoms with Crippen molar-refractivity contribution in [3.63, 3.8) is 0 Å². The molecule has 1 aromatic carbocycles. The third-order valence-electron chi connectivity index (χ3n) is 2.70. The molecule has 0 amide bonds. The molecule has 0 fully saturated rings. The first-order valence-corrected chi connectivity index (χ1v) is 6.53. The largest absolute Gasteiger partial charge is 0.492 e. The lowest BCUT2D eigenvalue weighted by Gasteiger charge is -2.09. The zero-order valence-corrected chi connectivity index (χ0v) is 10.3. The number of hydrogen-bond donors (Lipinski definition) is 2. The van der Waals surface area contributed by atoms with Crippen molar-refractivity contribution in [1.82, 2.24) is 9.55 Å². The Morgan fingerprint density at radius 1 is 1.33 bits per heavy atom. The number of rotatable bonds is 2. The molecule has 0 radical (unpaired) electrons. The van der Waals surface area contributed by atoms with Crippen molar-refractivity contribution in [2.45, 2.75) is 11.7 Å². The second kappa shape index (κ2) is 4.38. The Balaban J connectivity index is 2.05. The maximum Gasteiger partial charge on any atom is 0.281 e. The van der Waals surface area contributed by atoms with Gasteiger partial charge in [-0.05, 0) is 12.1 Å². The van der Waals surface area contributed by atoms with Gasteiger partial charge in [0.05, 0.1) is 0 Å². The maximum atomic E-state index is 12.2. The van der Waals surface area contributed by atoms with Gasteiger partial charge in [0, 0.05) is 18.0 Å². The second-order valence-electron chi connectivity index (χ2n) is 3.89. The first kappa shape index (κ1) is 11.2. The van der Waals surface area contributed by atoms with E-state index in [-0.39, 0.29) is 17.1 Å². The lowest BCUT2D eigenvalue weighted by molar-refractivity contribution is 0.440. The molecular weight excluding hydrogens is 250 g/mol. The van der Waals surface area contributed by atoms with Crippen LogP contribution in [-0.2, 0) is 6.54 Å². The number of hydrogen-bond acceptors (Lipinski definition) is 5. The molecule has 0 saturated carbocycles. The minimum atomic E-state index is -0.246. The summed E-state index contributed by atoms with van der Waals surface area (Å²) in [6.07, 6.45) is 0. The predicted octanol–water partition coefficient (Wildman–Crippen LogP) is 1.80. The summed E-state index contributed by atoms with van der Waals surface area (Å²) in [4.78, 5) is 16.2. The topological polar surface area (TPSA) is 67.2 Å². The third-order valence-corrected chi connectivity index (χ3v) is 3.66. The number of nitrogens with zero attached hydrogens (tertiary/aromatic N) is 2.